The van der Waals surface area contributed by atoms with E-state index in [4.69, 9.17) is 19.3 Å². The van der Waals surface area contributed by atoms with Crippen molar-refractivity contribution in [3.63, 3.8) is 0 Å². The molecule has 0 amide bonds. The number of hydrogen-bond donors (Lipinski definition) is 1. The smallest absolute Gasteiger partial charge is 0.351 e. The summed E-state index contributed by atoms with van der Waals surface area (Å²) in [4.78, 5) is 16.5. The van der Waals surface area contributed by atoms with Crippen LogP contribution in [0.3, 0.4) is 0 Å². The number of aromatic nitrogens is 2. The third-order valence-electron chi connectivity index (χ3n) is 7.09. The molecular weight excluding hydrogens is 541 g/mol. The Morgan fingerprint density at radius 1 is 1.16 bits per heavy atom. The molecule has 2 N–H and O–H groups in total. The van der Waals surface area contributed by atoms with Gasteiger partial charge in [0.1, 0.15) is 18.1 Å². The third-order valence-corrected chi connectivity index (χ3v) is 16.9. The summed E-state index contributed by atoms with van der Waals surface area (Å²) in [7, 11) is -3.98. The molecule has 7 nitrogen and oxygen atoms in total. The minimum atomic E-state index is -2.04. The van der Waals surface area contributed by atoms with Crippen LogP contribution in [0.4, 0.5) is 5.82 Å². The molecule has 0 saturated carbocycles. The molecule has 0 radical (unpaired) electrons. The van der Waals surface area contributed by atoms with Gasteiger partial charge in [-0.05, 0) is 58.9 Å². The average Bonchev–Trinajstić information content (AvgIpc) is 2.96. The molecule has 0 bridgehead atoms. The zero-order chi connectivity index (χ0) is 24.0. The first-order valence-corrected chi connectivity index (χ1v) is 17.8. The summed E-state index contributed by atoms with van der Waals surface area (Å²) in [6, 6.07) is 0. The fourth-order valence-corrected chi connectivity index (χ4v) is 5.66. The standard InChI is InChI=1S/C21H40IN3O4Si2/c1-20(2,3)30(7,8)27-13-16-15(29-31(9,10)21(4,5)6)11-17(28-16)25-12-14(22)18(23)24-19(25)26/h12,15-17H,11,13H2,1-10H3,(H2,23,24,26)/t15-,16+,17+/m0/s1. The molecule has 3 atom stereocenters. The summed E-state index contributed by atoms with van der Waals surface area (Å²) in [5, 5.41) is 0.180. The predicted molar refractivity (Wildman–Crippen MR) is 139 cm³/mol. The van der Waals surface area contributed by atoms with E-state index in [1.807, 2.05) is 0 Å². The largest absolute Gasteiger partial charge is 0.414 e. The number of nitrogen functional groups attached to an aromatic ring is 1. The van der Waals surface area contributed by atoms with E-state index >= 15 is 0 Å². The lowest BCUT2D eigenvalue weighted by Crippen LogP contribution is -2.48. The molecule has 1 aromatic rings. The molecule has 1 aromatic heterocycles. The van der Waals surface area contributed by atoms with E-state index in [2.05, 4.69) is 95.3 Å². The van der Waals surface area contributed by atoms with Crippen molar-refractivity contribution in [2.75, 3.05) is 12.3 Å². The molecule has 2 heterocycles. The van der Waals surface area contributed by atoms with E-state index in [1.54, 1.807) is 6.20 Å². The van der Waals surface area contributed by atoms with Gasteiger partial charge >= 0.3 is 5.69 Å². The average molecular weight is 582 g/mol. The fraction of sp³-hybridized carbons (Fsp3) is 0.810. The molecule has 1 saturated heterocycles. The molecule has 1 fully saturated rings. The summed E-state index contributed by atoms with van der Waals surface area (Å²) in [5.74, 6) is 0.242. The van der Waals surface area contributed by atoms with Crippen LogP contribution < -0.4 is 11.4 Å². The van der Waals surface area contributed by atoms with Crippen LogP contribution in [0.1, 0.15) is 54.2 Å². The van der Waals surface area contributed by atoms with Crippen molar-refractivity contribution in [3.8, 4) is 0 Å². The van der Waals surface area contributed by atoms with E-state index in [0.29, 0.717) is 13.0 Å². The van der Waals surface area contributed by atoms with Crippen LogP contribution in [0.15, 0.2) is 11.0 Å². The first-order valence-electron chi connectivity index (χ1n) is 10.9. The molecule has 10 heteroatoms. The lowest BCUT2D eigenvalue weighted by atomic mass is 10.2. The first-order chi connectivity index (χ1) is 13.9. The topological polar surface area (TPSA) is 88.6 Å². The third kappa shape index (κ3) is 6.20. The fourth-order valence-electron chi connectivity index (χ4n) is 2.87. The maximum Gasteiger partial charge on any atom is 0.351 e. The molecular formula is C21H40IN3O4Si2. The summed E-state index contributed by atoms with van der Waals surface area (Å²) in [6.07, 6.45) is 1.47. The number of nitrogens with two attached hydrogens (primary N) is 1. The summed E-state index contributed by atoms with van der Waals surface area (Å²) in [5.41, 5.74) is 5.40. The summed E-state index contributed by atoms with van der Waals surface area (Å²) >= 11 is 2.09. The van der Waals surface area contributed by atoms with Gasteiger partial charge in [0.05, 0.1) is 16.3 Å². The lowest BCUT2D eigenvalue weighted by molar-refractivity contribution is -0.0412. The maximum absolute atomic E-state index is 12.5. The Hall–Kier alpha value is -0.276. The highest BCUT2D eigenvalue weighted by atomic mass is 127. The minimum absolute atomic E-state index is 0.0743. The van der Waals surface area contributed by atoms with Gasteiger partial charge in [-0.1, -0.05) is 41.5 Å². The summed E-state index contributed by atoms with van der Waals surface area (Å²) < 4.78 is 21.9. The van der Waals surface area contributed by atoms with Crippen LogP contribution in [0.25, 0.3) is 0 Å². The van der Waals surface area contributed by atoms with Crippen molar-refractivity contribution in [1.82, 2.24) is 9.55 Å². The van der Waals surface area contributed by atoms with Crippen LogP contribution in [0.5, 0.6) is 0 Å². The Bertz CT molecular complexity index is 846. The monoisotopic (exact) mass is 581 g/mol. The Labute approximate surface area is 202 Å². The van der Waals surface area contributed by atoms with Gasteiger partial charge in [0, 0.05) is 12.6 Å². The quantitative estimate of drug-likeness (QED) is 0.370. The van der Waals surface area contributed by atoms with Gasteiger partial charge in [-0.3, -0.25) is 4.57 Å². The Balaban J connectivity index is 2.31. The number of nitrogens with zero attached hydrogens (tertiary/aromatic N) is 2. The number of hydrogen-bond acceptors (Lipinski definition) is 6. The molecule has 0 unspecified atom stereocenters. The van der Waals surface area contributed by atoms with Crippen LogP contribution in [0, 0.1) is 3.57 Å². The predicted octanol–water partition coefficient (Wildman–Crippen LogP) is 5.13. The molecule has 1 aliphatic rings. The number of anilines is 1. The van der Waals surface area contributed by atoms with Gasteiger partial charge in [-0.2, -0.15) is 4.98 Å². The number of rotatable bonds is 6. The van der Waals surface area contributed by atoms with Gasteiger partial charge < -0.3 is 19.3 Å². The van der Waals surface area contributed by atoms with Crippen LogP contribution in [-0.2, 0) is 13.6 Å². The van der Waals surface area contributed by atoms with E-state index < -0.39 is 28.6 Å². The van der Waals surface area contributed by atoms with Gasteiger partial charge in [-0.15, -0.1) is 0 Å². The lowest BCUT2D eigenvalue weighted by Gasteiger charge is -2.40. The second-order valence-corrected chi connectivity index (χ2v) is 22.2. The molecule has 2 rings (SSSR count). The van der Waals surface area contributed by atoms with Crippen LogP contribution in [-0.4, -0.2) is 45.0 Å². The number of ether oxygens (including phenoxy) is 1. The van der Waals surface area contributed by atoms with Gasteiger partial charge in [0.2, 0.25) is 0 Å². The van der Waals surface area contributed by atoms with E-state index in [0.717, 1.165) is 3.57 Å². The normalized spacial score (nSPS) is 23.4. The summed E-state index contributed by atoms with van der Waals surface area (Å²) in [6.45, 7) is 22.8. The van der Waals surface area contributed by atoms with E-state index in [9.17, 15) is 4.79 Å². The molecule has 178 valence electrons. The van der Waals surface area contributed by atoms with Gasteiger partial charge in [-0.25, -0.2) is 4.79 Å². The van der Waals surface area contributed by atoms with E-state index in [1.165, 1.54) is 4.57 Å². The molecule has 0 aromatic carbocycles. The molecule has 0 aliphatic carbocycles. The second-order valence-electron chi connectivity index (χ2n) is 11.5. The van der Waals surface area contributed by atoms with Gasteiger partial charge in [0.15, 0.2) is 16.6 Å². The van der Waals surface area contributed by atoms with Crippen molar-refractivity contribution in [1.29, 1.82) is 0 Å². The Morgan fingerprint density at radius 3 is 2.23 bits per heavy atom. The number of halogens is 1. The van der Waals surface area contributed by atoms with Crippen molar-refractivity contribution >= 4 is 45.0 Å². The molecule has 1 aliphatic heterocycles. The van der Waals surface area contributed by atoms with Crippen molar-refractivity contribution < 1.29 is 13.6 Å². The van der Waals surface area contributed by atoms with Gasteiger partial charge in [0.25, 0.3) is 0 Å². The zero-order valence-corrected chi connectivity index (χ0v) is 24.9. The van der Waals surface area contributed by atoms with Crippen molar-refractivity contribution in [3.05, 3.63) is 20.3 Å². The SMILES string of the molecule is CC(C)(C)[Si](C)(C)OC[C@H]1O[C@@H](n2cc(I)c(N)nc2=O)C[C@@H]1O[Si](C)(C)C(C)(C)C. The highest BCUT2D eigenvalue weighted by Gasteiger charge is 2.46. The van der Waals surface area contributed by atoms with Crippen LogP contribution in [0.2, 0.25) is 36.3 Å². The van der Waals surface area contributed by atoms with E-state index in [-0.39, 0.29) is 28.1 Å². The zero-order valence-electron chi connectivity index (χ0n) is 20.7. The van der Waals surface area contributed by atoms with Crippen molar-refractivity contribution in [2.24, 2.45) is 0 Å². The highest BCUT2D eigenvalue weighted by Crippen LogP contribution is 2.42. The Kier molecular flexibility index (Phi) is 7.98. The molecule has 0 spiro atoms. The maximum atomic E-state index is 12.5. The minimum Gasteiger partial charge on any atom is -0.414 e. The molecule has 31 heavy (non-hydrogen) atoms. The van der Waals surface area contributed by atoms with Crippen molar-refractivity contribution in [2.45, 2.75) is 103 Å². The second kappa shape index (κ2) is 9.17. The Morgan fingerprint density at radius 2 is 1.71 bits per heavy atom. The highest BCUT2D eigenvalue weighted by molar-refractivity contribution is 14.1. The first kappa shape index (κ1) is 27.0. The van der Waals surface area contributed by atoms with Crippen LogP contribution >= 0.6 is 22.6 Å².